The van der Waals surface area contributed by atoms with Crippen molar-refractivity contribution in [2.24, 2.45) is 0 Å². The number of piperidine rings is 1. The molecule has 0 amide bonds. The standard InChI is InChI=1S/C15H17F2N3O3S/c1-10-4-5-12(16)8-13(10)24(21,22)20-7-3-6-15(17,9-20)14-18-11(2)19-23-14/h4-5,8H,3,6-7,9H2,1-2H3. The average molecular weight is 357 g/mol. The van der Waals surface area contributed by atoms with Gasteiger partial charge in [-0.05, 0) is 44.4 Å². The minimum Gasteiger partial charge on any atom is -0.336 e. The van der Waals surface area contributed by atoms with E-state index in [2.05, 4.69) is 10.1 Å². The van der Waals surface area contributed by atoms with E-state index in [1.54, 1.807) is 13.8 Å². The van der Waals surface area contributed by atoms with Crippen LogP contribution in [0.4, 0.5) is 8.78 Å². The Hall–Kier alpha value is -1.87. The van der Waals surface area contributed by atoms with Crippen LogP contribution in [0.3, 0.4) is 0 Å². The molecule has 0 bridgehead atoms. The van der Waals surface area contributed by atoms with E-state index in [1.165, 1.54) is 12.1 Å². The molecule has 1 unspecified atom stereocenters. The van der Waals surface area contributed by atoms with Gasteiger partial charge in [0, 0.05) is 6.54 Å². The van der Waals surface area contributed by atoms with E-state index in [0.29, 0.717) is 12.0 Å². The van der Waals surface area contributed by atoms with Gasteiger partial charge in [0.15, 0.2) is 5.82 Å². The summed E-state index contributed by atoms with van der Waals surface area (Å²) in [5, 5.41) is 3.56. The van der Waals surface area contributed by atoms with Crippen LogP contribution in [0.25, 0.3) is 0 Å². The fourth-order valence-electron chi connectivity index (χ4n) is 2.82. The van der Waals surface area contributed by atoms with Crippen molar-refractivity contribution in [3.63, 3.8) is 0 Å². The molecule has 2 aromatic rings. The first-order chi connectivity index (χ1) is 11.2. The van der Waals surface area contributed by atoms with Gasteiger partial charge in [0.25, 0.3) is 5.89 Å². The number of aryl methyl sites for hydroxylation is 2. The number of halogens is 2. The van der Waals surface area contributed by atoms with Crippen molar-refractivity contribution < 1.29 is 21.7 Å². The fourth-order valence-corrected chi connectivity index (χ4v) is 4.58. The number of aromatic nitrogens is 2. The van der Waals surface area contributed by atoms with Gasteiger partial charge in [-0.15, -0.1) is 0 Å². The van der Waals surface area contributed by atoms with Crippen LogP contribution in [0.5, 0.6) is 0 Å². The summed E-state index contributed by atoms with van der Waals surface area (Å²) in [5.74, 6) is -0.603. The molecule has 24 heavy (non-hydrogen) atoms. The van der Waals surface area contributed by atoms with E-state index in [-0.39, 0.29) is 29.6 Å². The third kappa shape index (κ3) is 2.93. The smallest absolute Gasteiger partial charge is 0.265 e. The summed E-state index contributed by atoms with van der Waals surface area (Å²) in [6.45, 7) is 2.84. The van der Waals surface area contributed by atoms with Crippen molar-refractivity contribution in [1.29, 1.82) is 0 Å². The van der Waals surface area contributed by atoms with Gasteiger partial charge in [-0.3, -0.25) is 0 Å². The van der Waals surface area contributed by atoms with Gasteiger partial charge in [0.05, 0.1) is 11.4 Å². The molecule has 1 saturated heterocycles. The lowest BCUT2D eigenvalue weighted by atomic mass is 9.96. The lowest BCUT2D eigenvalue weighted by Crippen LogP contribution is -2.46. The molecule has 1 aromatic heterocycles. The molecule has 3 rings (SSSR count). The van der Waals surface area contributed by atoms with Gasteiger partial charge in [-0.1, -0.05) is 11.2 Å². The van der Waals surface area contributed by atoms with Crippen LogP contribution in [0, 0.1) is 19.7 Å². The van der Waals surface area contributed by atoms with E-state index in [1.807, 2.05) is 0 Å². The van der Waals surface area contributed by atoms with Gasteiger partial charge in [-0.2, -0.15) is 9.29 Å². The van der Waals surface area contributed by atoms with Crippen LogP contribution < -0.4 is 0 Å². The zero-order valence-corrected chi connectivity index (χ0v) is 14.1. The SMILES string of the molecule is Cc1noc(C2(F)CCCN(S(=O)(=O)c3cc(F)ccc3C)C2)n1. The predicted molar refractivity (Wildman–Crippen MR) is 81.0 cm³/mol. The molecule has 1 fully saturated rings. The second-order valence-corrected chi connectivity index (χ2v) is 7.87. The number of alkyl halides is 1. The zero-order valence-electron chi connectivity index (χ0n) is 13.3. The number of benzene rings is 1. The maximum atomic E-state index is 15.2. The third-order valence-electron chi connectivity index (χ3n) is 4.09. The summed E-state index contributed by atoms with van der Waals surface area (Å²) >= 11 is 0. The minimum atomic E-state index is -4.02. The Bertz CT molecular complexity index is 869. The Morgan fingerprint density at radius 1 is 1.33 bits per heavy atom. The summed E-state index contributed by atoms with van der Waals surface area (Å²) in [5.41, 5.74) is -1.64. The molecule has 1 atom stereocenters. The largest absolute Gasteiger partial charge is 0.336 e. The highest BCUT2D eigenvalue weighted by atomic mass is 32.2. The lowest BCUT2D eigenvalue weighted by molar-refractivity contribution is 0.0470. The van der Waals surface area contributed by atoms with Crippen LogP contribution in [0.2, 0.25) is 0 Å². The Morgan fingerprint density at radius 3 is 2.75 bits per heavy atom. The quantitative estimate of drug-likeness (QED) is 0.843. The molecule has 1 aromatic carbocycles. The van der Waals surface area contributed by atoms with Gasteiger partial charge in [0.1, 0.15) is 5.82 Å². The molecule has 0 saturated carbocycles. The number of hydrogen-bond acceptors (Lipinski definition) is 5. The first-order valence-electron chi connectivity index (χ1n) is 7.48. The Kier molecular flexibility index (Phi) is 4.16. The van der Waals surface area contributed by atoms with Crippen molar-refractivity contribution in [2.75, 3.05) is 13.1 Å². The molecule has 6 nitrogen and oxygen atoms in total. The Balaban J connectivity index is 1.95. The van der Waals surface area contributed by atoms with E-state index in [0.717, 1.165) is 10.4 Å². The molecular formula is C15H17F2N3O3S. The van der Waals surface area contributed by atoms with Crippen molar-refractivity contribution in [2.45, 2.75) is 37.3 Å². The highest BCUT2D eigenvalue weighted by molar-refractivity contribution is 7.89. The first-order valence-corrected chi connectivity index (χ1v) is 8.92. The van der Waals surface area contributed by atoms with Crippen molar-refractivity contribution in [3.8, 4) is 0 Å². The highest BCUT2D eigenvalue weighted by Crippen LogP contribution is 2.37. The molecule has 1 aliphatic heterocycles. The Labute approximate surface area is 138 Å². The topological polar surface area (TPSA) is 76.3 Å². The maximum Gasteiger partial charge on any atom is 0.265 e. The van der Waals surface area contributed by atoms with Gasteiger partial charge in [-0.25, -0.2) is 17.2 Å². The van der Waals surface area contributed by atoms with Crippen molar-refractivity contribution >= 4 is 10.0 Å². The molecule has 0 radical (unpaired) electrons. The number of nitrogens with zero attached hydrogens (tertiary/aromatic N) is 3. The van der Waals surface area contributed by atoms with E-state index < -0.39 is 28.1 Å². The van der Waals surface area contributed by atoms with E-state index in [4.69, 9.17) is 4.52 Å². The van der Waals surface area contributed by atoms with Crippen molar-refractivity contribution in [1.82, 2.24) is 14.4 Å². The molecule has 9 heteroatoms. The van der Waals surface area contributed by atoms with Gasteiger partial charge in [0.2, 0.25) is 15.7 Å². The predicted octanol–water partition coefficient (Wildman–Crippen LogP) is 2.48. The summed E-state index contributed by atoms with van der Waals surface area (Å²) in [6.07, 6.45) is 0.383. The molecule has 130 valence electrons. The zero-order chi connectivity index (χ0) is 17.5. The number of rotatable bonds is 3. The second kappa shape index (κ2) is 5.89. The normalized spacial score (nSPS) is 22.7. The monoisotopic (exact) mass is 357 g/mol. The van der Waals surface area contributed by atoms with E-state index >= 15 is 4.39 Å². The van der Waals surface area contributed by atoms with Gasteiger partial charge >= 0.3 is 0 Å². The average Bonchev–Trinajstić information content (AvgIpc) is 2.97. The lowest BCUT2D eigenvalue weighted by Gasteiger charge is -2.34. The van der Waals surface area contributed by atoms with Crippen molar-refractivity contribution in [3.05, 3.63) is 41.3 Å². The summed E-state index contributed by atoms with van der Waals surface area (Å²) in [7, 11) is -4.02. The maximum absolute atomic E-state index is 15.2. The molecule has 1 aliphatic rings. The minimum absolute atomic E-state index is 0.0861. The second-order valence-electron chi connectivity index (χ2n) is 5.96. The molecule has 0 aliphatic carbocycles. The van der Waals surface area contributed by atoms with Gasteiger partial charge < -0.3 is 4.52 Å². The molecule has 0 N–H and O–H groups in total. The Morgan fingerprint density at radius 2 is 2.08 bits per heavy atom. The summed E-state index contributed by atoms with van der Waals surface area (Å²) in [6, 6.07) is 3.53. The van der Waals surface area contributed by atoms with Crippen LogP contribution in [-0.2, 0) is 15.7 Å². The summed E-state index contributed by atoms with van der Waals surface area (Å²) < 4.78 is 60.2. The fraction of sp³-hybridized carbons (Fsp3) is 0.467. The molecule has 0 spiro atoms. The van der Waals surface area contributed by atoms with Crippen LogP contribution >= 0.6 is 0 Å². The number of hydrogen-bond donors (Lipinski definition) is 0. The third-order valence-corrected chi connectivity index (χ3v) is 6.07. The van der Waals surface area contributed by atoms with Crippen LogP contribution in [0.1, 0.15) is 30.1 Å². The highest BCUT2D eigenvalue weighted by Gasteiger charge is 2.46. The van der Waals surface area contributed by atoms with Crippen LogP contribution in [-0.4, -0.2) is 36.0 Å². The van der Waals surface area contributed by atoms with Crippen LogP contribution in [0.15, 0.2) is 27.6 Å². The first kappa shape index (κ1) is 17.0. The summed E-state index contributed by atoms with van der Waals surface area (Å²) in [4.78, 5) is 3.73. The molecule has 2 heterocycles. The number of sulfonamides is 1. The van der Waals surface area contributed by atoms with E-state index in [9.17, 15) is 12.8 Å². The molecular weight excluding hydrogens is 340 g/mol.